The maximum atomic E-state index is 11.3. The Morgan fingerprint density at radius 3 is 3.00 bits per heavy atom. The number of rotatable bonds is 3. The maximum absolute atomic E-state index is 11.3. The number of esters is 1. The van der Waals surface area contributed by atoms with Gasteiger partial charge >= 0.3 is 5.97 Å². The predicted octanol–water partition coefficient (Wildman–Crippen LogP) is -0.584. The van der Waals surface area contributed by atoms with E-state index in [4.69, 9.17) is 0 Å². The molecule has 0 aromatic carbocycles. The van der Waals surface area contributed by atoms with Crippen molar-refractivity contribution in [2.45, 2.75) is 31.8 Å². The second-order valence-corrected chi connectivity index (χ2v) is 3.40. The molecule has 0 aliphatic carbocycles. The van der Waals surface area contributed by atoms with E-state index in [1.165, 1.54) is 7.11 Å². The van der Waals surface area contributed by atoms with Gasteiger partial charge in [-0.3, -0.25) is 14.9 Å². The van der Waals surface area contributed by atoms with Crippen molar-refractivity contribution in [2.24, 2.45) is 0 Å². The van der Waals surface area contributed by atoms with E-state index < -0.39 is 6.04 Å². The fraction of sp³-hybridized carbons (Fsp3) is 0.778. The third kappa shape index (κ3) is 2.70. The first-order valence-electron chi connectivity index (χ1n) is 4.76. The molecule has 1 heterocycles. The fourth-order valence-electron chi connectivity index (χ4n) is 1.48. The molecule has 2 atom stereocenters. The first-order chi connectivity index (χ1) is 6.65. The minimum atomic E-state index is -0.436. The van der Waals surface area contributed by atoms with Crippen LogP contribution in [0.5, 0.6) is 0 Å². The second kappa shape index (κ2) is 4.95. The Labute approximate surface area is 83.2 Å². The number of hydrogen-bond donors (Lipinski definition) is 2. The summed E-state index contributed by atoms with van der Waals surface area (Å²) >= 11 is 0. The molecule has 5 heteroatoms. The summed E-state index contributed by atoms with van der Waals surface area (Å²) in [7, 11) is 1.33. The highest BCUT2D eigenvalue weighted by Gasteiger charge is 2.25. The van der Waals surface area contributed by atoms with Crippen molar-refractivity contribution in [2.75, 3.05) is 13.7 Å². The number of amides is 1. The summed E-state index contributed by atoms with van der Waals surface area (Å²) in [4.78, 5) is 22.4. The van der Waals surface area contributed by atoms with Crippen LogP contribution in [-0.4, -0.2) is 37.6 Å². The number of hydrogen-bond acceptors (Lipinski definition) is 4. The van der Waals surface area contributed by atoms with E-state index in [1.807, 2.05) is 0 Å². The summed E-state index contributed by atoms with van der Waals surface area (Å²) in [5, 5.41) is 5.67. The van der Waals surface area contributed by atoms with Crippen LogP contribution in [0.3, 0.4) is 0 Å². The predicted molar refractivity (Wildman–Crippen MR) is 50.6 cm³/mol. The van der Waals surface area contributed by atoms with Crippen LogP contribution in [-0.2, 0) is 14.3 Å². The van der Waals surface area contributed by atoms with Gasteiger partial charge in [-0.25, -0.2) is 0 Å². The molecule has 1 rings (SSSR count). The zero-order chi connectivity index (χ0) is 10.6. The molecular formula is C9H16N2O3. The van der Waals surface area contributed by atoms with Gasteiger partial charge in [0, 0.05) is 6.54 Å². The first kappa shape index (κ1) is 11.0. The minimum absolute atomic E-state index is 0.0352. The maximum Gasteiger partial charge on any atom is 0.322 e. The lowest BCUT2D eigenvalue weighted by molar-refractivity contribution is -0.143. The molecule has 0 aromatic heterocycles. The van der Waals surface area contributed by atoms with Crippen molar-refractivity contribution in [3.63, 3.8) is 0 Å². The highest BCUT2D eigenvalue weighted by Crippen LogP contribution is 2.04. The largest absolute Gasteiger partial charge is 0.468 e. The van der Waals surface area contributed by atoms with Crippen LogP contribution in [0, 0.1) is 0 Å². The van der Waals surface area contributed by atoms with Gasteiger partial charge in [0.2, 0.25) is 5.91 Å². The van der Waals surface area contributed by atoms with Gasteiger partial charge in [-0.2, -0.15) is 0 Å². The molecular weight excluding hydrogens is 184 g/mol. The van der Waals surface area contributed by atoms with E-state index in [1.54, 1.807) is 6.92 Å². The molecule has 14 heavy (non-hydrogen) atoms. The number of carbonyl (C=O) groups excluding carboxylic acids is 2. The molecule has 1 saturated heterocycles. The number of piperidine rings is 1. The molecule has 0 saturated carbocycles. The van der Waals surface area contributed by atoms with Crippen LogP contribution in [0.4, 0.5) is 0 Å². The van der Waals surface area contributed by atoms with Gasteiger partial charge in [0.1, 0.15) is 6.04 Å². The van der Waals surface area contributed by atoms with Gasteiger partial charge in [-0.1, -0.05) is 0 Å². The van der Waals surface area contributed by atoms with Gasteiger partial charge in [-0.15, -0.1) is 0 Å². The molecule has 1 fully saturated rings. The summed E-state index contributed by atoms with van der Waals surface area (Å²) in [5.41, 5.74) is 0. The molecule has 0 bridgehead atoms. The second-order valence-electron chi connectivity index (χ2n) is 3.40. The van der Waals surface area contributed by atoms with E-state index in [9.17, 15) is 9.59 Å². The van der Waals surface area contributed by atoms with Gasteiger partial charge < -0.3 is 10.1 Å². The summed E-state index contributed by atoms with van der Waals surface area (Å²) in [5.74, 6) is -0.379. The summed E-state index contributed by atoms with van der Waals surface area (Å²) < 4.78 is 4.56. The number of carbonyl (C=O) groups is 2. The highest BCUT2D eigenvalue weighted by atomic mass is 16.5. The van der Waals surface area contributed by atoms with E-state index in [0.717, 1.165) is 19.4 Å². The standard InChI is InChI=1S/C9H16N2O3/c1-6(9(13)14-2)11-7-4-3-5-10-8(7)12/h6-7,11H,3-5H2,1-2H3,(H,10,12). The Bertz CT molecular complexity index is 230. The molecule has 2 N–H and O–H groups in total. The third-order valence-electron chi connectivity index (χ3n) is 2.29. The minimum Gasteiger partial charge on any atom is -0.468 e. The zero-order valence-electron chi connectivity index (χ0n) is 8.50. The smallest absolute Gasteiger partial charge is 0.322 e. The SMILES string of the molecule is COC(=O)C(C)NC1CCCNC1=O. The quantitative estimate of drug-likeness (QED) is 0.598. The van der Waals surface area contributed by atoms with Crippen molar-refractivity contribution >= 4 is 11.9 Å². The van der Waals surface area contributed by atoms with Gasteiger partial charge in [-0.05, 0) is 19.8 Å². The van der Waals surface area contributed by atoms with Gasteiger partial charge in [0.25, 0.3) is 0 Å². The van der Waals surface area contributed by atoms with Crippen LogP contribution in [0.1, 0.15) is 19.8 Å². The van der Waals surface area contributed by atoms with Crippen LogP contribution in [0.15, 0.2) is 0 Å². The van der Waals surface area contributed by atoms with Crippen LogP contribution < -0.4 is 10.6 Å². The monoisotopic (exact) mass is 200 g/mol. The van der Waals surface area contributed by atoms with Gasteiger partial charge in [0.05, 0.1) is 13.2 Å². The molecule has 2 unspecified atom stereocenters. The number of methoxy groups -OCH3 is 1. The average molecular weight is 200 g/mol. The van der Waals surface area contributed by atoms with Gasteiger partial charge in [0.15, 0.2) is 0 Å². The summed E-state index contributed by atoms with van der Waals surface area (Å²) in [6.45, 7) is 2.41. The van der Waals surface area contributed by atoms with E-state index in [-0.39, 0.29) is 17.9 Å². The van der Waals surface area contributed by atoms with Crippen molar-refractivity contribution in [3.05, 3.63) is 0 Å². The summed E-state index contributed by atoms with van der Waals surface area (Å²) in [6.07, 6.45) is 1.71. The highest BCUT2D eigenvalue weighted by molar-refractivity contribution is 5.83. The lowest BCUT2D eigenvalue weighted by atomic mass is 10.1. The van der Waals surface area contributed by atoms with Crippen LogP contribution in [0.2, 0.25) is 0 Å². The first-order valence-corrected chi connectivity index (χ1v) is 4.76. The Balaban J connectivity index is 2.42. The van der Waals surface area contributed by atoms with E-state index >= 15 is 0 Å². The van der Waals surface area contributed by atoms with Crippen molar-refractivity contribution in [1.82, 2.24) is 10.6 Å². The molecule has 0 radical (unpaired) electrons. The molecule has 1 aliphatic rings. The van der Waals surface area contributed by atoms with Crippen molar-refractivity contribution < 1.29 is 14.3 Å². The average Bonchev–Trinajstić information content (AvgIpc) is 2.20. The van der Waals surface area contributed by atoms with Crippen LogP contribution >= 0.6 is 0 Å². The topological polar surface area (TPSA) is 67.4 Å². The molecule has 0 aromatic rings. The van der Waals surface area contributed by atoms with E-state index in [0.29, 0.717) is 0 Å². The number of ether oxygens (including phenoxy) is 1. The summed E-state index contributed by atoms with van der Waals surface area (Å²) in [6, 6.07) is -0.702. The van der Waals surface area contributed by atoms with Crippen molar-refractivity contribution in [1.29, 1.82) is 0 Å². The Kier molecular flexibility index (Phi) is 3.88. The van der Waals surface area contributed by atoms with Crippen LogP contribution in [0.25, 0.3) is 0 Å². The lowest BCUT2D eigenvalue weighted by Gasteiger charge is -2.25. The molecule has 80 valence electrons. The molecule has 1 aliphatic heterocycles. The molecule has 5 nitrogen and oxygen atoms in total. The Morgan fingerprint density at radius 1 is 1.71 bits per heavy atom. The zero-order valence-corrected chi connectivity index (χ0v) is 8.50. The van der Waals surface area contributed by atoms with Crippen molar-refractivity contribution in [3.8, 4) is 0 Å². The Morgan fingerprint density at radius 2 is 2.43 bits per heavy atom. The fourth-order valence-corrected chi connectivity index (χ4v) is 1.48. The molecule has 1 amide bonds. The van der Waals surface area contributed by atoms with E-state index in [2.05, 4.69) is 15.4 Å². The normalized spacial score (nSPS) is 23.9. The Hall–Kier alpha value is -1.10. The number of nitrogens with one attached hydrogen (secondary N) is 2. The lowest BCUT2D eigenvalue weighted by Crippen LogP contribution is -2.52. The third-order valence-corrected chi connectivity index (χ3v) is 2.29. The molecule has 0 spiro atoms.